The quantitative estimate of drug-likeness (QED) is 0.615. The molecule has 0 saturated heterocycles. The second-order valence-electron chi connectivity index (χ2n) is 5.82. The highest BCUT2D eigenvalue weighted by Crippen LogP contribution is 2.33. The van der Waals surface area contributed by atoms with Crippen molar-refractivity contribution in [1.82, 2.24) is 15.0 Å². The number of anilines is 2. The van der Waals surface area contributed by atoms with Crippen LogP contribution in [0.15, 0.2) is 42.9 Å². The van der Waals surface area contributed by atoms with E-state index in [0.717, 1.165) is 10.9 Å². The molecule has 3 rings (SSSR count). The van der Waals surface area contributed by atoms with E-state index in [4.69, 9.17) is 19.9 Å². The second-order valence-corrected chi connectivity index (χ2v) is 5.82. The molecular formula is C19H23N5O3. The first kappa shape index (κ1) is 18.8. The molecule has 0 aliphatic carbocycles. The monoisotopic (exact) mass is 369 g/mol. The number of ether oxygens (including phenoxy) is 3. The summed E-state index contributed by atoms with van der Waals surface area (Å²) in [4.78, 5) is 14.9. The fraction of sp³-hybridized carbons (Fsp3) is 0.316. The van der Waals surface area contributed by atoms with Gasteiger partial charge >= 0.3 is 0 Å². The molecule has 0 amide bonds. The Bertz CT molecular complexity index is 877. The highest BCUT2D eigenvalue weighted by atomic mass is 16.5. The maximum absolute atomic E-state index is 6.33. The highest BCUT2D eigenvalue weighted by molar-refractivity contribution is 5.84. The fourth-order valence-corrected chi connectivity index (χ4v) is 2.69. The SMILES string of the molecule is COCCN(CCOC)c1ncnc(Oc2cccc3cccnc23)c1N. The normalized spacial score (nSPS) is 10.9. The van der Waals surface area contributed by atoms with Crippen LogP contribution in [-0.4, -0.2) is 55.5 Å². The third-order valence-electron chi connectivity index (χ3n) is 4.06. The molecule has 0 radical (unpaired) electrons. The van der Waals surface area contributed by atoms with Gasteiger partial charge in [-0.05, 0) is 12.1 Å². The van der Waals surface area contributed by atoms with Crippen molar-refractivity contribution in [1.29, 1.82) is 0 Å². The van der Waals surface area contributed by atoms with Crippen LogP contribution >= 0.6 is 0 Å². The van der Waals surface area contributed by atoms with Crippen LogP contribution in [0.25, 0.3) is 10.9 Å². The van der Waals surface area contributed by atoms with Gasteiger partial charge in [0.25, 0.3) is 0 Å². The smallest absolute Gasteiger partial charge is 0.248 e. The highest BCUT2D eigenvalue weighted by Gasteiger charge is 2.17. The number of methoxy groups -OCH3 is 2. The van der Waals surface area contributed by atoms with Crippen molar-refractivity contribution in [3.8, 4) is 11.6 Å². The lowest BCUT2D eigenvalue weighted by Crippen LogP contribution is -2.32. The zero-order valence-corrected chi connectivity index (χ0v) is 15.5. The van der Waals surface area contributed by atoms with Crippen LogP contribution < -0.4 is 15.4 Å². The molecule has 2 heterocycles. The molecule has 2 aromatic heterocycles. The molecule has 8 nitrogen and oxygen atoms in total. The summed E-state index contributed by atoms with van der Waals surface area (Å²) in [5, 5.41) is 0.977. The standard InChI is InChI=1S/C19H23N5O3/c1-25-11-9-24(10-12-26-2)18-16(20)19(23-13-22-18)27-15-7-3-5-14-6-4-8-21-17(14)15/h3-8,13H,9-12,20H2,1-2H3. The summed E-state index contributed by atoms with van der Waals surface area (Å²) in [5.41, 5.74) is 7.43. The molecule has 2 N–H and O–H groups in total. The third kappa shape index (κ3) is 4.42. The number of fused-ring (bicyclic) bond motifs is 1. The first-order valence-corrected chi connectivity index (χ1v) is 8.59. The summed E-state index contributed by atoms with van der Waals surface area (Å²) in [6.45, 7) is 2.32. The number of para-hydroxylation sites is 1. The number of hydrogen-bond acceptors (Lipinski definition) is 8. The van der Waals surface area contributed by atoms with E-state index < -0.39 is 0 Å². The lowest BCUT2D eigenvalue weighted by Gasteiger charge is -2.24. The number of aromatic nitrogens is 3. The minimum atomic E-state index is 0.290. The van der Waals surface area contributed by atoms with E-state index in [1.807, 2.05) is 35.2 Å². The first-order valence-electron chi connectivity index (χ1n) is 8.59. The van der Waals surface area contributed by atoms with Crippen molar-refractivity contribution >= 4 is 22.4 Å². The van der Waals surface area contributed by atoms with E-state index >= 15 is 0 Å². The number of pyridine rings is 1. The molecule has 0 bridgehead atoms. The lowest BCUT2D eigenvalue weighted by atomic mass is 10.2. The van der Waals surface area contributed by atoms with Crippen LogP contribution in [-0.2, 0) is 9.47 Å². The molecule has 0 spiro atoms. The summed E-state index contributed by atoms with van der Waals surface area (Å²) >= 11 is 0. The maximum atomic E-state index is 6.33. The zero-order chi connectivity index (χ0) is 19.1. The zero-order valence-electron chi connectivity index (χ0n) is 15.5. The van der Waals surface area contributed by atoms with Crippen LogP contribution in [0.2, 0.25) is 0 Å². The van der Waals surface area contributed by atoms with Crippen LogP contribution in [0.5, 0.6) is 11.6 Å². The van der Waals surface area contributed by atoms with Crippen molar-refractivity contribution in [2.75, 3.05) is 51.2 Å². The number of nitrogens with zero attached hydrogens (tertiary/aromatic N) is 4. The molecule has 0 aliphatic rings. The molecule has 8 heteroatoms. The molecular weight excluding hydrogens is 346 g/mol. The molecule has 0 saturated carbocycles. The topological polar surface area (TPSA) is 95.6 Å². The van der Waals surface area contributed by atoms with E-state index in [-0.39, 0.29) is 5.88 Å². The molecule has 0 unspecified atom stereocenters. The molecule has 3 aromatic rings. The molecule has 0 aliphatic heterocycles. The number of rotatable bonds is 9. The van der Waals surface area contributed by atoms with Gasteiger partial charge in [-0.3, -0.25) is 4.98 Å². The Morgan fingerprint density at radius 1 is 0.963 bits per heavy atom. The molecule has 0 fully saturated rings. The first-order chi connectivity index (χ1) is 13.2. The molecule has 1 aromatic carbocycles. The maximum Gasteiger partial charge on any atom is 0.248 e. The van der Waals surface area contributed by atoms with Gasteiger partial charge in [-0.2, -0.15) is 4.98 Å². The Labute approximate surface area is 157 Å². The van der Waals surface area contributed by atoms with Crippen LogP contribution in [0.4, 0.5) is 11.5 Å². The van der Waals surface area contributed by atoms with Gasteiger partial charge in [-0.15, -0.1) is 0 Å². The van der Waals surface area contributed by atoms with Gasteiger partial charge in [0.05, 0.1) is 13.2 Å². The molecule has 0 atom stereocenters. The summed E-state index contributed by atoms with van der Waals surface area (Å²) in [6.07, 6.45) is 3.16. The summed E-state index contributed by atoms with van der Waals surface area (Å²) in [7, 11) is 3.31. The van der Waals surface area contributed by atoms with Crippen LogP contribution in [0, 0.1) is 0 Å². The summed E-state index contributed by atoms with van der Waals surface area (Å²) < 4.78 is 16.4. The van der Waals surface area contributed by atoms with Crippen molar-refractivity contribution < 1.29 is 14.2 Å². The summed E-state index contributed by atoms with van der Waals surface area (Å²) in [5.74, 6) is 1.46. The number of hydrogen-bond donors (Lipinski definition) is 1. The number of nitrogen functional groups attached to an aromatic ring is 1. The minimum absolute atomic E-state index is 0.290. The van der Waals surface area contributed by atoms with E-state index in [9.17, 15) is 0 Å². The van der Waals surface area contributed by atoms with Gasteiger partial charge in [0.1, 0.15) is 17.5 Å². The van der Waals surface area contributed by atoms with E-state index in [1.165, 1.54) is 6.33 Å². The molecule has 142 valence electrons. The van der Waals surface area contributed by atoms with E-state index in [2.05, 4.69) is 15.0 Å². The van der Waals surface area contributed by atoms with Gasteiger partial charge in [0, 0.05) is 38.9 Å². The Kier molecular flexibility index (Phi) is 6.35. The van der Waals surface area contributed by atoms with Gasteiger partial charge in [0.15, 0.2) is 11.6 Å². The number of nitrogens with two attached hydrogens (primary N) is 1. The Balaban J connectivity index is 1.91. The minimum Gasteiger partial charge on any atom is -0.435 e. The molecule has 27 heavy (non-hydrogen) atoms. The Hall–Kier alpha value is -2.97. The largest absolute Gasteiger partial charge is 0.435 e. The summed E-state index contributed by atoms with van der Waals surface area (Å²) in [6, 6.07) is 9.57. The second kappa shape index (κ2) is 9.11. The number of benzene rings is 1. The van der Waals surface area contributed by atoms with Crippen molar-refractivity contribution in [2.45, 2.75) is 0 Å². The van der Waals surface area contributed by atoms with Crippen molar-refractivity contribution in [3.63, 3.8) is 0 Å². The lowest BCUT2D eigenvalue weighted by molar-refractivity contribution is 0.190. The van der Waals surface area contributed by atoms with Gasteiger partial charge in [-0.1, -0.05) is 18.2 Å². The van der Waals surface area contributed by atoms with Gasteiger partial charge < -0.3 is 24.8 Å². The average molecular weight is 369 g/mol. The van der Waals surface area contributed by atoms with Crippen LogP contribution in [0.3, 0.4) is 0 Å². The Morgan fingerprint density at radius 2 is 1.70 bits per heavy atom. The van der Waals surface area contributed by atoms with E-state index in [1.54, 1.807) is 20.4 Å². The van der Waals surface area contributed by atoms with Crippen molar-refractivity contribution in [3.05, 3.63) is 42.9 Å². The average Bonchev–Trinajstić information content (AvgIpc) is 2.70. The van der Waals surface area contributed by atoms with Gasteiger partial charge in [-0.25, -0.2) is 4.98 Å². The predicted octanol–water partition coefficient (Wildman–Crippen LogP) is 2.50. The van der Waals surface area contributed by atoms with Gasteiger partial charge in [0.2, 0.25) is 5.88 Å². The predicted molar refractivity (Wildman–Crippen MR) is 104 cm³/mol. The van der Waals surface area contributed by atoms with E-state index in [0.29, 0.717) is 43.6 Å². The van der Waals surface area contributed by atoms with Crippen LogP contribution in [0.1, 0.15) is 0 Å². The fourth-order valence-electron chi connectivity index (χ4n) is 2.69. The third-order valence-corrected chi connectivity index (χ3v) is 4.06. The Morgan fingerprint density at radius 3 is 2.44 bits per heavy atom. The van der Waals surface area contributed by atoms with Crippen molar-refractivity contribution in [2.24, 2.45) is 0 Å².